The number of carbonyl (C=O) groups excluding carboxylic acids is 1. The van der Waals surface area contributed by atoms with Crippen LogP contribution in [0.15, 0.2) is 24.3 Å². The summed E-state index contributed by atoms with van der Waals surface area (Å²) >= 11 is 0. The summed E-state index contributed by atoms with van der Waals surface area (Å²) in [5.41, 5.74) is -1.45. The largest absolute Gasteiger partial charge is 0.481 e. The van der Waals surface area contributed by atoms with E-state index in [9.17, 15) is 25.0 Å². The van der Waals surface area contributed by atoms with Crippen molar-refractivity contribution in [3.63, 3.8) is 0 Å². The molecule has 0 unspecified atom stereocenters. The molecule has 1 N–H and O–H groups in total. The van der Waals surface area contributed by atoms with Gasteiger partial charge in [0.05, 0.1) is 35.7 Å². The quantitative estimate of drug-likeness (QED) is 0.602. The molecule has 1 amide bonds. The van der Waals surface area contributed by atoms with E-state index in [0.29, 0.717) is 0 Å². The third-order valence-electron chi connectivity index (χ3n) is 2.90. The number of nitro groups is 2. The van der Waals surface area contributed by atoms with Crippen molar-refractivity contribution in [1.29, 1.82) is 0 Å². The monoisotopic (exact) mass is 349 g/mol. The number of amides is 1. The number of nitro benzene ring substituents is 2. The maximum atomic E-state index is 12.3. The fourth-order valence-corrected chi connectivity index (χ4v) is 1.79. The molecule has 0 fully saturated rings. The predicted molar refractivity (Wildman–Crippen MR) is 82.8 cm³/mol. The molecule has 0 aliphatic carbocycles. The average molecular weight is 349 g/mol. The molecule has 12 nitrogen and oxygen atoms in total. The van der Waals surface area contributed by atoms with Crippen LogP contribution >= 0.6 is 0 Å². The van der Waals surface area contributed by atoms with E-state index in [1.165, 1.54) is 20.3 Å². The van der Waals surface area contributed by atoms with Crippen LogP contribution in [0.2, 0.25) is 0 Å². The van der Waals surface area contributed by atoms with Crippen LogP contribution in [0.25, 0.3) is 0 Å². The van der Waals surface area contributed by atoms with Gasteiger partial charge in [0.15, 0.2) is 0 Å². The lowest BCUT2D eigenvalue weighted by Crippen LogP contribution is -2.14. The second-order valence-electron chi connectivity index (χ2n) is 4.49. The van der Waals surface area contributed by atoms with Crippen LogP contribution in [0.4, 0.5) is 17.2 Å². The lowest BCUT2D eigenvalue weighted by atomic mass is 10.1. The van der Waals surface area contributed by atoms with Crippen molar-refractivity contribution in [1.82, 2.24) is 9.97 Å². The van der Waals surface area contributed by atoms with Gasteiger partial charge in [0, 0.05) is 18.2 Å². The number of nitrogens with zero attached hydrogens (tertiary/aromatic N) is 4. The number of rotatable bonds is 6. The van der Waals surface area contributed by atoms with Crippen molar-refractivity contribution in [2.24, 2.45) is 0 Å². The van der Waals surface area contributed by atoms with Gasteiger partial charge in [-0.05, 0) is 0 Å². The zero-order chi connectivity index (χ0) is 18.6. The first-order valence-electron chi connectivity index (χ1n) is 6.56. The molecule has 0 radical (unpaired) electrons. The highest BCUT2D eigenvalue weighted by molar-refractivity contribution is 6.04. The van der Waals surface area contributed by atoms with Crippen molar-refractivity contribution in [3.05, 3.63) is 50.1 Å². The van der Waals surface area contributed by atoms with E-state index in [1.807, 2.05) is 0 Å². The standard InChI is InChI=1S/C13H11N5O7/c1-24-11-6-10(15-13(16-11)25-2)14-12(19)7-3-8(17(20)21)5-9(4-7)18(22)23/h3-6H,1-2H3,(H,14,15,16,19). The van der Waals surface area contributed by atoms with E-state index < -0.39 is 27.1 Å². The number of non-ortho nitro benzene ring substituents is 2. The van der Waals surface area contributed by atoms with Gasteiger partial charge in [-0.1, -0.05) is 0 Å². The van der Waals surface area contributed by atoms with Crippen LogP contribution in [0.1, 0.15) is 10.4 Å². The van der Waals surface area contributed by atoms with Crippen molar-refractivity contribution < 1.29 is 24.1 Å². The van der Waals surface area contributed by atoms with E-state index in [4.69, 9.17) is 9.47 Å². The van der Waals surface area contributed by atoms with Gasteiger partial charge in [-0.25, -0.2) is 0 Å². The van der Waals surface area contributed by atoms with Gasteiger partial charge in [0.2, 0.25) is 5.88 Å². The third-order valence-corrected chi connectivity index (χ3v) is 2.90. The molecular formula is C13H11N5O7. The Kier molecular flexibility index (Phi) is 5.02. The van der Waals surface area contributed by atoms with Crippen LogP contribution in [-0.2, 0) is 0 Å². The molecule has 0 spiro atoms. The molecule has 2 rings (SSSR count). The number of hydrogen-bond acceptors (Lipinski definition) is 9. The fourth-order valence-electron chi connectivity index (χ4n) is 1.79. The summed E-state index contributed by atoms with van der Waals surface area (Å²) < 4.78 is 9.78. The highest BCUT2D eigenvalue weighted by Gasteiger charge is 2.20. The first kappa shape index (κ1) is 17.5. The summed E-state index contributed by atoms with van der Waals surface area (Å²) in [6.45, 7) is 0. The lowest BCUT2D eigenvalue weighted by Gasteiger charge is -2.08. The molecule has 1 aromatic heterocycles. The van der Waals surface area contributed by atoms with Gasteiger partial charge in [-0.2, -0.15) is 9.97 Å². The molecule has 0 bridgehead atoms. The second-order valence-corrected chi connectivity index (χ2v) is 4.49. The van der Waals surface area contributed by atoms with E-state index in [0.717, 1.165) is 18.2 Å². The molecule has 0 saturated heterocycles. The van der Waals surface area contributed by atoms with Gasteiger partial charge in [-0.15, -0.1) is 0 Å². The Labute approximate surface area is 139 Å². The average Bonchev–Trinajstić information content (AvgIpc) is 2.60. The highest BCUT2D eigenvalue weighted by atomic mass is 16.6. The summed E-state index contributed by atoms with van der Waals surface area (Å²) in [7, 11) is 2.65. The minimum Gasteiger partial charge on any atom is -0.481 e. The van der Waals surface area contributed by atoms with Crippen LogP contribution in [0.3, 0.4) is 0 Å². The predicted octanol–water partition coefficient (Wildman–Crippen LogP) is 1.56. The minimum absolute atomic E-state index is 0.0112. The summed E-state index contributed by atoms with van der Waals surface area (Å²) in [5, 5.41) is 24.1. The van der Waals surface area contributed by atoms with Crippen LogP contribution in [-0.4, -0.2) is 39.9 Å². The Hall–Kier alpha value is -3.83. The van der Waals surface area contributed by atoms with Crippen molar-refractivity contribution in [3.8, 4) is 11.9 Å². The van der Waals surface area contributed by atoms with Crippen molar-refractivity contribution in [2.45, 2.75) is 0 Å². The number of nitrogens with one attached hydrogen (secondary N) is 1. The molecule has 0 aliphatic rings. The Bertz CT molecular complexity index is 800. The second kappa shape index (κ2) is 7.16. The third kappa shape index (κ3) is 4.13. The zero-order valence-electron chi connectivity index (χ0n) is 13.0. The Morgan fingerprint density at radius 1 is 1.00 bits per heavy atom. The maximum Gasteiger partial charge on any atom is 0.321 e. The van der Waals surface area contributed by atoms with Gasteiger partial charge >= 0.3 is 6.01 Å². The lowest BCUT2D eigenvalue weighted by molar-refractivity contribution is -0.394. The van der Waals surface area contributed by atoms with Gasteiger partial charge < -0.3 is 14.8 Å². The summed E-state index contributed by atoms with van der Waals surface area (Å²) in [6.07, 6.45) is 0. The van der Waals surface area contributed by atoms with Gasteiger partial charge in [0.25, 0.3) is 17.3 Å². The van der Waals surface area contributed by atoms with E-state index in [2.05, 4.69) is 15.3 Å². The molecule has 1 aromatic carbocycles. The molecular weight excluding hydrogens is 338 g/mol. The number of methoxy groups -OCH3 is 2. The Balaban J connectivity index is 2.38. The smallest absolute Gasteiger partial charge is 0.321 e. The van der Waals surface area contributed by atoms with E-state index in [1.54, 1.807) is 0 Å². The number of benzene rings is 1. The molecule has 12 heteroatoms. The molecule has 0 atom stereocenters. The SMILES string of the molecule is COc1cc(NC(=O)c2cc([N+](=O)[O-])cc([N+](=O)[O-])c2)nc(OC)n1. The molecule has 25 heavy (non-hydrogen) atoms. The number of carbonyl (C=O) groups is 1. The first-order chi connectivity index (χ1) is 11.8. The van der Waals surface area contributed by atoms with Crippen LogP contribution in [0, 0.1) is 20.2 Å². The molecule has 1 heterocycles. The Morgan fingerprint density at radius 3 is 2.08 bits per heavy atom. The number of anilines is 1. The molecule has 2 aromatic rings. The highest BCUT2D eigenvalue weighted by Crippen LogP contribution is 2.24. The maximum absolute atomic E-state index is 12.3. The fraction of sp³-hybridized carbons (Fsp3) is 0.154. The summed E-state index contributed by atoms with van der Waals surface area (Å²) in [4.78, 5) is 40.1. The molecule has 0 aliphatic heterocycles. The Morgan fingerprint density at radius 2 is 1.60 bits per heavy atom. The van der Waals surface area contributed by atoms with Gasteiger partial charge in [0.1, 0.15) is 5.82 Å². The summed E-state index contributed by atoms with van der Waals surface area (Å²) in [6, 6.07) is 3.79. The van der Waals surface area contributed by atoms with Crippen molar-refractivity contribution >= 4 is 23.1 Å². The number of hydrogen-bond donors (Lipinski definition) is 1. The summed E-state index contributed by atoms with van der Waals surface area (Å²) in [5.74, 6) is -0.746. The van der Waals surface area contributed by atoms with Gasteiger partial charge in [-0.3, -0.25) is 25.0 Å². The minimum atomic E-state index is -0.838. The topological polar surface area (TPSA) is 160 Å². The number of aromatic nitrogens is 2. The molecule has 130 valence electrons. The zero-order valence-corrected chi connectivity index (χ0v) is 13.0. The van der Waals surface area contributed by atoms with Crippen LogP contribution < -0.4 is 14.8 Å². The van der Waals surface area contributed by atoms with E-state index >= 15 is 0 Å². The van der Waals surface area contributed by atoms with Crippen molar-refractivity contribution in [2.75, 3.05) is 19.5 Å². The first-order valence-corrected chi connectivity index (χ1v) is 6.56. The number of ether oxygens (including phenoxy) is 2. The van der Waals surface area contributed by atoms with Crippen LogP contribution in [0.5, 0.6) is 11.9 Å². The normalized spacial score (nSPS) is 10.0. The van der Waals surface area contributed by atoms with E-state index in [-0.39, 0.29) is 23.3 Å². The molecule has 0 saturated carbocycles.